The zero-order valence-corrected chi connectivity index (χ0v) is 16.0. The molecule has 124 valence electrons. The first-order valence-electron chi connectivity index (χ1n) is 6.82. The first-order chi connectivity index (χ1) is 11.6. The number of nitrogens with one attached hydrogen (secondary N) is 1. The van der Waals surface area contributed by atoms with E-state index in [0.717, 1.165) is 14.2 Å². The SMILES string of the molecule is COc1ccc(-c2n[nH]c(=S)n2/N=C\c2ccc(Br)s2)cc1OC. The minimum absolute atomic E-state index is 0.409. The summed E-state index contributed by atoms with van der Waals surface area (Å²) in [5.74, 6) is 1.85. The van der Waals surface area contributed by atoms with Gasteiger partial charge < -0.3 is 9.47 Å². The molecule has 0 aliphatic heterocycles. The van der Waals surface area contributed by atoms with Crippen molar-refractivity contribution in [1.82, 2.24) is 14.9 Å². The quantitative estimate of drug-likeness (QED) is 0.488. The normalized spacial score (nSPS) is 11.1. The topological polar surface area (TPSA) is 64.4 Å². The fourth-order valence-corrected chi connectivity index (χ4v) is 3.54. The lowest BCUT2D eigenvalue weighted by molar-refractivity contribution is 0.355. The highest BCUT2D eigenvalue weighted by atomic mass is 79.9. The van der Waals surface area contributed by atoms with Gasteiger partial charge in [-0.05, 0) is 58.5 Å². The van der Waals surface area contributed by atoms with Crippen LogP contribution in [0.3, 0.4) is 0 Å². The van der Waals surface area contributed by atoms with Crippen LogP contribution in [-0.2, 0) is 0 Å². The molecule has 0 bridgehead atoms. The molecule has 0 saturated heterocycles. The second-order valence-electron chi connectivity index (χ2n) is 4.62. The molecule has 0 aliphatic carbocycles. The standard InChI is InChI=1S/C15H13BrN4O2S2/c1-21-11-5-3-9(7-12(11)22-2)14-18-19-15(23)20(14)17-8-10-4-6-13(16)24-10/h3-8H,1-2H3,(H,19,23)/b17-8-. The minimum atomic E-state index is 0.409. The highest BCUT2D eigenvalue weighted by Gasteiger charge is 2.12. The Morgan fingerprint density at radius 1 is 1.25 bits per heavy atom. The van der Waals surface area contributed by atoms with Gasteiger partial charge in [0.15, 0.2) is 17.3 Å². The summed E-state index contributed by atoms with van der Waals surface area (Å²) in [6.07, 6.45) is 1.74. The maximum atomic E-state index is 5.34. The van der Waals surface area contributed by atoms with Crippen LogP contribution in [0.4, 0.5) is 0 Å². The largest absolute Gasteiger partial charge is 0.493 e. The van der Waals surface area contributed by atoms with Crippen LogP contribution in [0, 0.1) is 4.77 Å². The summed E-state index contributed by atoms with van der Waals surface area (Å²) in [5.41, 5.74) is 0.810. The third-order valence-corrected chi connectivity index (χ3v) is 5.01. The summed E-state index contributed by atoms with van der Waals surface area (Å²) >= 11 is 10.3. The Labute approximate surface area is 155 Å². The van der Waals surface area contributed by atoms with Crippen LogP contribution in [0.15, 0.2) is 39.2 Å². The number of hydrogen-bond acceptors (Lipinski definition) is 6. The van der Waals surface area contributed by atoms with E-state index >= 15 is 0 Å². The van der Waals surface area contributed by atoms with Crippen LogP contribution in [0.25, 0.3) is 11.4 Å². The molecule has 0 unspecified atom stereocenters. The van der Waals surface area contributed by atoms with E-state index in [1.54, 1.807) is 36.4 Å². The molecule has 2 heterocycles. The zero-order valence-electron chi connectivity index (χ0n) is 12.8. The fraction of sp³-hybridized carbons (Fsp3) is 0.133. The number of aromatic nitrogens is 3. The molecule has 1 aromatic carbocycles. The highest BCUT2D eigenvalue weighted by molar-refractivity contribution is 9.11. The van der Waals surface area contributed by atoms with Gasteiger partial charge in [-0.2, -0.15) is 14.9 Å². The van der Waals surface area contributed by atoms with E-state index in [0.29, 0.717) is 22.1 Å². The molecular formula is C15H13BrN4O2S2. The highest BCUT2D eigenvalue weighted by Crippen LogP contribution is 2.31. The van der Waals surface area contributed by atoms with E-state index in [1.165, 1.54) is 0 Å². The molecule has 24 heavy (non-hydrogen) atoms. The monoisotopic (exact) mass is 424 g/mol. The van der Waals surface area contributed by atoms with Crippen LogP contribution >= 0.6 is 39.5 Å². The number of nitrogens with zero attached hydrogens (tertiary/aromatic N) is 3. The van der Waals surface area contributed by atoms with Crippen LogP contribution in [0.2, 0.25) is 0 Å². The number of rotatable bonds is 5. The molecule has 0 radical (unpaired) electrons. The first-order valence-corrected chi connectivity index (χ1v) is 8.83. The molecule has 1 N–H and O–H groups in total. The van der Waals surface area contributed by atoms with Crippen LogP contribution in [0.5, 0.6) is 11.5 Å². The fourth-order valence-electron chi connectivity index (χ4n) is 2.07. The Kier molecular flexibility index (Phi) is 5.12. The van der Waals surface area contributed by atoms with Gasteiger partial charge in [0, 0.05) is 10.4 Å². The van der Waals surface area contributed by atoms with E-state index in [2.05, 4.69) is 31.2 Å². The van der Waals surface area contributed by atoms with Crippen molar-refractivity contribution in [2.24, 2.45) is 5.10 Å². The summed E-state index contributed by atoms with van der Waals surface area (Å²) in [6, 6.07) is 9.46. The van der Waals surface area contributed by atoms with Gasteiger partial charge in [0.05, 0.1) is 24.2 Å². The number of benzene rings is 1. The average Bonchev–Trinajstić information content (AvgIpc) is 3.17. The Balaban J connectivity index is 2.01. The molecule has 0 saturated carbocycles. The van der Waals surface area contributed by atoms with E-state index in [4.69, 9.17) is 21.7 Å². The minimum Gasteiger partial charge on any atom is -0.493 e. The molecule has 0 spiro atoms. The molecule has 2 aromatic heterocycles. The summed E-state index contributed by atoms with van der Waals surface area (Å²) in [6.45, 7) is 0. The number of hydrogen-bond donors (Lipinski definition) is 1. The molecule has 0 atom stereocenters. The van der Waals surface area contributed by atoms with Crippen molar-refractivity contribution in [3.63, 3.8) is 0 Å². The van der Waals surface area contributed by atoms with Gasteiger partial charge in [0.25, 0.3) is 0 Å². The van der Waals surface area contributed by atoms with Gasteiger partial charge in [0.1, 0.15) is 0 Å². The Morgan fingerprint density at radius 2 is 2.04 bits per heavy atom. The molecule has 6 nitrogen and oxygen atoms in total. The molecule has 0 aliphatic rings. The van der Waals surface area contributed by atoms with Crippen molar-refractivity contribution in [3.05, 3.63) is 43.8 Å². The number of H-pyrrole nitrogens is 1. The molecule has 0 fully saturated rings. The van der Waals surface area contributed by atoms with Crippen molar-refractivity contribution in [2.45, 2.75) is 0 Å². The smallest absolute Gasteiger partial charge is 0.216 e. The van der Waals surface area contributed by atoms with Gasteiger partial charge >= 0.3 is 0 Å². The third-order valence-electron chi connectivity index (χ3n) is 3.19. The Hall–Kier alpha value is -1.97. The number of aromatic amines is 1. The maximum absolute atomic E-state index is 5.34. The summed E-state index contributed by atoms with van der Waals surface area (Å²) in [4.78, 5) is 1.00. The molecule has 3 rings (SSSR count). The molecule has 0 amide bonds. The van der Waals surface area contributed by atoms with Crippen molar-refractivity contribution >= 4 is 45.7 Å². The number of halogens is 1. The Bertz CT molecular complexity index is 945. The van der Waals surface area contributed by atoms with Gasteiger partial charge in [-0.25, -0.2) is 5.10 Å². The van der Waals surface area contributed by atoms with E-state index in [9.17, 15) is 0 Å². The number of methoxy groups -OCH3 is 2. The van der Waals surface area contributed by atoms with Crippen LogP contribution < -0.4 is 9.47 Å². The molecular weight excluding hydrogens is 412 g/mol. The zero-order chi connectivity index (χ0) is 17.1. The predicted octanol–water partition coefficient (Wildman–Crippen LogP) is 4.33. The average molecular weight is 425 g/mol. The second-order valence-corrected chi connectivity index (χ2v) is 7.50. The third kappa shape index (κ3) is 3.42. The van der Waals surface area contributed by atoms with Gasteiger partial charge in [-0.3, -0.25) is 0 Å². The number of ether oxygens (including phenoxy) is 2. The second kappa shape index (κ2) is 7.29. The van der Waals surface area contributed by atoms with E-state index < -0.39 is 0 Å². The van der Waals surface area contributed by atoms with Crippen molar-refractivity contribution in [1.29, 1.82) is 0 Å². The lowest BCUT2D eigenvalue weighted by Crippen LogP contribution is -1.96. The van der Waals surface area contributed by atoms with Crippen molar-refractivity contribution in [2.75, 3.05) is 14.2 Å². The lowest BCUT2D eigenvalue weighted by Gasteiger charge is -2.08. The Morgan fingerprint density at radius 3 is 2.71 bits per heavy atom. The number of thiophene rings is 1. The van der Waals surface area contributed by atoms with Gasteiger partial charge in [-0.1, -0.05) is 0 Å². The van der Waals surface area contributed by atoms with Crippen molar-refractivity contribution < 1.29 is 9.47 Å². The summed E-state index contributed by atoms with van der Waals surface area (Å²) < 4.78 is 13.6. The predicted molar refractivity (Wildman–Crippen MR) is 101 cm³/mol. The van der Waals surface area contributed by atoms with E-state index in [1.807, 2.05) is 30.3 Å². The summed E-state index contributed by atoms with van der Waals surface area (Å²) in [7, 11) is 3.18. The molecule has 9 heteroatoms. The lowest BCUT2D eigenvalue weighted by atomic mass is 10.2. The van der Waals surface area contributed by atoms with E-state index in [-0.39, 0.29) is 0 Å². The summed E-state index contributed by atoms with van der Waals surface area (Å²) in [5, 5.41) is 11.5. The van der Waals surface area contributed by atoms with Crippen LogP contribution in [0.1, 0.15) is 4.88 Å². The first kappa shape index (κ1) is 16.9. The molecule has 3 aromatic rings. The van der Waals surface area contributed by atoms with Crippen molar-refractivity contribution in [3.8, 4) is 22.9 Å². The maximum Gasteiger partial charge on any atom is 0.216 e. The van der Waals surface area contributed by atoms with Gasteiger partial charge in [0.2, 0.25) is 4.77 Å². The van der Waals surface area contributed by atoms with Crippen LogP contribution in [-0.4, -0.2) is 35.3 Å². The van der Waals surface area contributed by atoms with Gasteiger partial charge in [-0.15, -0.1) is 11.3 Å².